The molecule has 3 aromatic rings. The second kappa shape index (κ2) is 7.70. The van der Waals surface area contributed by atoms with E-state index in [4.69, 9.17) is 18.0 Å². The van der Waals surface area contributed by atoms with Gasteiger partial charge in [0.25, 0.3) is 0 Å². The highest BCUT2D eigenvalue weighted by Crippen LogP contribution is 2.37. The molecule has 1 aromatic heterocycles. The van der Waals surface area contributed by atoms with Crippen LogP contribution in [-0.2, 0) is 6.42 Å². The zero-order valence-electron chi connectivity index (χ0n) is 13.1. The Kier molecular flexibility index (Phi) is 5.78. The number of thiocarbonyl (C=S) groups is 1. The van der Waals surface area contributed by atoms with E-state index < -0.39 is 5.82 Å². The number of halogens is 3. The summed E-state index contributed by atoms with van der Waals surface area (Å²) in [5, 5.41) is 0.943. The van der Waals surface area contributed by atoms with Crippen LogP contribution in [-0.4, -0.2) is 15.6 Å². The molecule has 0 radical (unpaired) electrons. The fourth-order valence-electron chi connectivity index (χ4n) is 2.64. The number of benzene rings is 2. The molecule has 1 atom stereocenters. The molecule has 130 valence electrons. The zero-order chi connectivity index (χ0) is 18.1. The summed E-state index contributed by atoms with van der Waals surface area (Å²) in [7, 11) is 0.661. The van der Waals surface area contributed by atoms with Gasteiger partial charge < -0.3 is 5.73 Å². The SMILES string of the molecule is CPSn1ccc2c(Br)c(Cc3ccc(F)c(C(N)=S)c3)c(F)cc21. The van der Waals surface area contributed by atoms with E-state index in [0.29, 0.717) is 24.2 Å². The van der Waals surface area contributed by atoms with Gasteiger partial charge in [-0.1, -0.05) is 18.3 Å². The van der Waals surface area contributed by atoms with Gasteiger partial charge in [-0.25, -0.2) is 8.78 Å². The fraction of sp³-hybridized carbons (Fsp3) is 0.118. The number of hydrogen-bond donors (Lipinski definition) is 1. The van der Waals surface area contributed by atoms with Gasteiger partial charge in [0.2, 0.25) is 0 Å². The molecular formula is C17H14BrF2N2PS2. The fourth-order valence-corrected chi connectivity index (χ4v) is 5.10. The van der Waals surface area contributed by atoms with E-state index in [1.54, 1.807) is 29.8 Å². The molecule has 0 saturated heterocycles. The van der Waals surface area contributed by atoms with Crippen LogP contribution in [0.2, 0.25) is 0 Å². The highest BCUT2D eigenvalue weighted by Gasteiger charge is 2.16. The van der Waals surface area contributed by atoms with Crippen LogP contribution < -0.4 is 5.73 Å². The van der Waals surface area contributed by atoms with E-state index >= 15 is 0 Å². The van der Waals surface area contributed by atoms with E-state index in [9.17, 15) is 8.78 Å². The van der Waals surface area contributed by atoms with Crippen LogP contribution in [0.4, 0.5) is 8.78 Å². The average Bonchev–Trinajstić information content (AvgIpc) is 2.96. The van der Waals surface area contributed by atoms with E-state index in [0.717, 1.165) is 16.5 Å². The lowest BCUT2D eigenvalue weighted by molar-refractivity contribution is 0.613. The van der Waals surface area contributed by atoms with E-state index in [2.05, 4.69) is 22.6 Å². The quantitative estimate of drug-likeness (QED) is 0.397. The van der Waals surface area contributed by atoms with Gasteiger partial charge in [-0.2, -0.15) is 0 Å². The predicted octanol–water partition coefficient (Wildman–Crippen LogP) is 5.63. The lowest BCUT2D eigenvalue weighted by atomic mass is 10.0. The number of nitrogens with zero attached hydrogens (tertiary/aromatic N) is 1. The number of nitrogens with two attached hydrogens (primary N) is 1. The van der Waals surface area contributed by atoms with Crippen molar-refractivity contribution in [2.24, 2.45) is 5.73 Å². The molecule has 0 bridgehead atoms. The van der Waals surface area contributed by atoms with Crippen LogP contribution >= 0.6 is 47.5 Å². The molecule has 0 aliphatic carbocycles. The Labute approximate surface area is 164 Å². The molecule has 1 unspecified atom stereocenters. The molecular weight excluding hydrogens is 445 g/mol. The minimum Gasteiger partial charge on any atom is -0.389 e. The molecule has 8 heteroatoms. The van der Waals surface area contributed by atoms with Crippen molar-refractivity contribution in [3.05, 3.63) is 69.3 Å². The molecule has 0 aliphatic heterocycles. The van der Waals surface area contributed by atoms with Crippen LogP contribution in [0.5, 0.6) is 0 Å². The first-order chi connectivity index (χ1) is 11.9. The van der Waals surface area contributed by atoms with E-state index in [1.807, 2.05) is 16.2 Å². The Hall–Kier alpha value is -1.01. The first kappa shape index (κ1) is 18.8. The Balaban J connectivity index is 2.05. The Morgan fingerprint density at radius 1 is 1.28 bits per heavy atom. The highest BCUT2D eigenvalue weighted by molar-refractivity contribution is 9.10. The van der Waals surface area contributed by atoms with E-state index in [-0.39, 0.29) is 16.4 Å². The van der Waals surface area contributed by atoms with Gasteiger partial charge in [0, 0.05) is 33.6 Å². The van der Waals surface area contributed by atoms with Crippen molar-refractivity contribution in [1.29, 1.82) is 0 Å². The van der Waals surface area contributed by atoms with Crippen LogP contribution in [0.25, 0.3) is 10.9 Å². The summed E-state index contributed by atoms with van der Waals surface area (Å²) in [6.45, 7) is 2.07. The maximum atomic E-state index is 14.7. The topological polar surface area (TPSA) is 30.9 Å². The standard InChI is InChI=1S/C17H14BrF2N2PS2/c1-23-25-22-5-4-10-15(22)8-14(20)11(16(10)18)6-9-2-3-13(19)12(7-9)17(21)24/h2-5,7-8,23H,6H2,1H3,(H2,21,24). The van der Waals surface area contributed by atoms with Crippen LogP contribution in [0.3, 0.4) is 0 Å². The van der Waals surface area contributed by atoms with Gasteiger partial charge >= 0.3 is 0 Å². The van der Waals surface area contributed by atoms with Gasteiger partial charge in [-0.15, -0.1) is 0 Å². The van der Waals surface area contributed by atoms with Crippen LogP contribution in [0, 0.1) is 11.6 Å². The molecule has 2 N–H and O–H groups in total. The third kappa shape index (κ3) is 3.75. The first-order valence-corrected chi connectivity index (χ1v) is 11.5. The molecule has 0 spiro atoms. The number of aromatic nitrogens is 1. The lowest BCUT2D eigenvalue weighted by Gasteiger charge is -2.11. The number of hydrogen-bond acceptors (Lipinski definition) is 2. The third-order valence-corrected chi connectivity index (χ3v) is 6.77. The smallest absolute Gasteiger partial charge is 0.133 e. The molecule has 0 aliphatic rings. The maximum absolute atomic E-state index is 14.7. The minimum absolute atomic E-state index is 0.0103. The molecule has 2 nitrogen and oxygen atoms in total. The summed E-state index contributed by atoms with van der Waals surface area (Å²) in [4.78, 5) is -0.0103. The van der Waals surface area contributed by atoms with Gasteiger partial charge in [0.15, 0.2) is 0 Å². The minimum atomic E-state index is -0.472. The third-order valence-electron chi connectivity index (χ3n) is 3.81. The summed E-state index contributed by atoms with van der Waals surface area (Å²) < 4.78 is 31.2. The van der Waals surface area contributed by atoms with Crippen LogP contribution in [0.1, 0.15) is 16.7 Å². The monoisotopic (exact) mass is 458 g/mol. The molecule has 0 amide bonds. The van der Waals surface area contributed by atoms with Crippen molar-refractivity contribution < 1.29 is 8.78 Å². The molecule has 0 saturated carbocycles. The zero-order valence-corrected chi connectivity index (χ0v) is 17.4. The second-order valence-corrected chi connectivity index (χ2v) is 9.37. The van der Waals surface area contributed by atoms with Gasteiger partial charge in [-0.05, 0) is 71.8 Å². The summed E-state index contributed by atoms with van der Waals surface area (Å²) in [6.07, 6.45) is 2.24. The summed E-state index contributed by atoms with van der Waals surface area (Å²) in [6, 6.07) is 8.00. The van der Waals surface area contributed by atoms with Crippen molar-refractivity contribution in [2.45, 2.75) is 6.42 Å². The summed E-state index contributed by atoms with van der Waals surface area (Å²) >= 11 is 10.0. The first-order valence-electron chi connectivity index (χ1n) is 7.32. The van der Waals surface area contributed by atoms with Gasteiger partial charge in [0.1, 0.15) is 16.6 Å². The van der Waals surface area contributed by atoms with Gasteiger partial charge in [-0.3, -0.25) is 3.97 Å². The molecule has 0 fully saturated rings. The van der Waals surface area contributed by atoms with Crippen LogP contribution in [0.15, 0.2) is 41.0 Å². The molecule has 2 aromatic carbocycles. The molecule has 1 heterocycles. The predicted molar refractivity (Wildman–Crippen MR) is 112 cm³/mol. The second-order valence-electron chi connectivity index (χ2n) is 5.38. The van der Waals surface area contributed by atoms with Crippen molar-refractivity contribution >= 4 is 63.4 Å². The highest BCUT2D eigenvalue weighted by atomic mass is 79.9. The largest absolute Gasteiger partial charge is 0.389 e. The average molecular weight is 459 g/mol. The van der Waals surface area contributed by atoms with Crippen molar-refractivity contribution in [3.8, 4) is 0 Å². The van der Waals surface area contributed by atoms with Crippen molar-refractivity contribution in [3.63, 3.8) is 0 Å². The summed E-state index contributed by atoms with van der Waals surface area (Å²) in [5.41, 5.74) is 7.82. The lowest BCUT2D eigenvalue weighted by Crippen LogP contribution is -2.12. The molecule has 3 rings (SSSR count). The van der Waals surface area contributed by atoms with Crippen molar-refractivity contribution in [2.75, 3.05) is 6.66 Å². The Bertz CT molecular complexity index is 975. The number of rotatable bonds is 5. The maximum Gasteiger partial charge on any atom is 0.133 e. The Morgan fingerprint density at radius 3 is 2.72 bits per heavy atom. The van der Waals surface area contributed by atoms with E-state index in [1.165, 1.54) is 6.07 Å². The van der Waals surface area contributed by atoms with Crippen molar-refractivity contribution in [1.82, 2.24) is 3.97 Å². The number of fused-ring (bicyclic) bond motifs is 1. The summed E-state index contributed by atoms with van der Waals surface area (Å²) in [5.74, 6) is -0.777. The Morgan fingerprint density at radius 2 is 2.04 bits per heavy atom. The van der Waals surface area contributed by atoms with Gasteiger partial charge in [0.05, 0.1) is 5.52 Å². The molecule has 25 heavy (non-hydrogen) atoms. The normalized spacial score (nSPS) is 11.7.